The SMILES string of the molecule is O=C/C(=C/C1C[C@@H](F)[C@@H](F)C1)c1ccc(SC2CC2)cc1. The van der Waals surface area contributed by atoms with Crippen molar-refractivity contribution in [3.05, 3.63) is 35.9 Å². The Balaban J connectivity index is 1.71. The maximum absolute atomic E-state index is 13.2. The summed E-state index contributed by atoms with van der Waals surface area (Å²) in [5, 5.41) is 0.749. The first kappa shape index (κ1) is 14.8. The molecule has 2 aliphatic carbocycles. The zero-order valence-corrected chi connectivity index (χ0v) is 12.5. The van der Waals surface area contributed by atoms with Gasteiger partial charge in [-0.05, 0) is 49.3 Å². The Kier molecular flexibility index (Phi) is 4.43. The number of carbonyl (C=O) groups is 1. The fraction of sp³-hybridized carbons (Fsp3) is 0.471. The lowest BCUT2D eigenvalue weighted by atomic mass is 9.99. The summed E-state index contributed by atoms with van der Waals surface area (Å²) in [7, 11) is 0. The van der Waals surface area contributed by atoms with Crippen LogP contribution in [0.3, 0.4) is 0 Å². The summed E-state index contributed by atoms with van der Waals surface area (Å²) in [6.07, 6.45) is 2.63. The number of aldehydes is 1. The molecule has 0 heterocycles. The van der Waals surface area contributed by atoms with Crippen LogP contribution < -0.4 is 0 Å². The Hall–Kier alpha value is -1.16. The highest BCUT2D eigenvalue weighted by molar-refractivity contribution is 8.00. The molecule has 0 radical (unpaired) electrons. The molecule has 0 saturated heterocycles. The fourth-order valence-corrected chi connectivity index (χ4v) is 3.72. The second kappa shape index (κ2) is 6.30. The third-order valence-electron chi connectivity index (χ3n) is 4.01. The third kappa shape index (κ3) is 3.73. The van der Waals surface area contributed by atoms with Gasteiger partial charge in [0.2, 0.25) is 0 Å². The number of alkyl halides is 2. The zero-order valence-electron chi connectivity index (χ0n) is 11.7. The second-order valence-electron chi connectivity index (χ2n) is 5.84. The average molecular weight is 308 g/mol. The van der Waals surface area contributed by atoms with E-state index in [1.807, 2.05) is 36.0 Å². The van der Waals surface area contributed by atoms with Crippen molar-refractivity contribution >= 4 is 23.6 Å². The first-order valence-corrected chi connectivity index (χ1v) is 8.26. The standard InChI is InChI=1S/C17H18F2OS/c18-16-8-11(9-17(16)19)7-13(10-20)12-1-3-14(4-2-12)21-15-5-6-15/h1-4,7,10-11,15-17H,5-6,8-9H2/b13-7-/t11?,16-,17+. The summed E-state index contributed by atoms with van der Waals surface area (Å²) < 4.78 is 26.4. The topological polar surface area (TPSA) is 17.1 Å². The third-order valence-corrected chi connectivity index (χ3v) is 5.35. The van der Waals surface area contributed by atoms with Crippen LogP contribution in [0.25, 0.3) is 5.57 Å². The van der Waals surface area contributed by atoms with E-state index in [1.54, 1.807) is 6.08 Å². The van der Waals surface area contributed by atoms with Crippen LogP contribution in [0.5, 0.6) is 0 Å². The number of allylic oxidation sites excluding steroid dienone is 2. The minimum Gasteiger partial charge on any atom is -0.298 e. The number of hydrogen-bond acceptors (Lipinski definition) is 2. The van der Waals surface area contributed by atoms with Gasteiger partial charge in [0.05, 0.1) is 0 Å². The molecule has 2 fully saturated rings. The predicted octanol–water partition coefficient (Wildman–Crippen LogP) is 4.61. The highest BCUT2D eigenvalue weighted by atomic mass is 32.2. The first-order chi connectivity index (χ1) is 10.2. The van der Waals surface area contributed by atoms with Crippen LogP contribution in [-0.2, 0) is 4.79 Å². The molecule has 0 N–H and O–H groups in total. The van der Waals surface area contributed by atoms with Crippen molar-refractivity contribution in [2.24, 2.45) is 5.92 Å². The number of benzene rings is 1. The van der Waals surface area contributed by atoms with Crippen LogP contribution in [-0.4, -0.2) is 23.9 Å². The largest absolute Gasteiger partial charge is 0.298 e. The summed E-state index contributed by atoms with van der Waals surface area (Å²) in [5.41, 5.74) is 1.35. The van der Waals surface area contributed by atoms with Gasteiger partial charge in [0.1, 0.15) is 18.6 Å². The maximum Gasteiger partial charge on any atom is 0.150 e. The molecule has 0 aliphatic heterocycles. The minimum atomic E-state index is -1.39. The average Bonchev–Trinajstić information content (AvgIpc) is 3.23. The minimum absolute atomic E-state index is 0.175. The van der Waals surface area contributed by atoms with Crippen LogP contribution >= 0.6 is 11.8 Å². The van der Waals surface area contributed by atoms with Crippen LogP contribution in [0.1, 0.15) is 31.2 Å². The van der Waals surface area contributed by atoms with Gasteiger partial charge in [0.25, 0.3) is 0 Å². The van der Waals surface area contributed by atoms with Crippen LogP contribution in [0.2, 0.25) is 0 Å². The second-order valence-corrected chi connectivity index (χ2v) is 7.22. The maximum atomic E-state index is 13.2. The van der Waals surface area contributed by atoms with E-state index in [-0.39, 0.29) is 18.8 Å². The predicted molar refractivity (Wildman–Crippen MR) is 81.9 cm³/mol. The molecule has 1 aromatic carbocycles. The molecular formula is C17H18F2OS. The van der Waals surface area contributed by atoms with Gasteiger partial charge in [-0.15, -0.1) is 11.8 Å². The van der Waals surface area contributed by atoms with Crippen LogP contribution in [0.4, 0.5) is 8.78 Å². The van der Waals surface area contributed by atoms with E-state index in [0.717, 1.165) is 17.1 Å². The Morgan fingerprint density at radius 2 is 1.71 bits per heavy atom. The van der Waals surface area contributed by atoms with Crippen molar-refractivity contribution in [1.29, 1.82) is 0 Å². The Labute approximate surface area is 127 Å². The van der Waals surface area contributed by atoms with Gasteiger partial charge in [0.15, 0.2) is 0 Å². The lowest BCUT2D eigenvalue weighted by Crippen LogP contribution is -2.06. The summed E-state index contributed by atoms with van der Waals surface area (Å²) in [6, 6.07) is 7.86. The molecule has 0 aromatic heterocycles. The normalized spacial score (nSPS) is 29.6. The molecule has 2 saturated carbocycles. The molecular weight excluding hydrogens is 290 g/mol. The van der Waals surface area contributed by atoms with E-state index < -0.39 is 12.3 Å². The zero-order chi connectivity index (χ0) is 14.8. The number of rotatable bonds is 5. The van der Waals surface area contributed by atoms with Gasteiger partial charge in [-0.1, -0.05) is 18.2 Å². The summed E-state index contributed by atoms with van der Waals surface area (Å²) in [6.45, 7) is 0. The highest BCUT2D eigenvalue weighted by Gasteiger charge is 2.33. The first-order valence-electron chi connectivity index (χ1n) is 7.38. The molecule has 1 unspecified atom stereocenters. The molecule has 0 amide bonds. The Morgan fingerprint density at radius 3 is 2.24 bits per heavy atom. The molecule has 1 aromatic rings. The molecule has 2 aliphatic rings. The van der Waals surface area contributed by atoms with Crippen molar-refractivity contribution in [3.8, 4) is 0 Å². The number of hydrogen-bond donors (Lipinski definition) is 0. The summed E-state index contributed by atoms with van der Waals surface area (Å²) in [4.78, 5) is 12.5. The van der Waals surface area contributed by atoms with E-state index in [1.165, 1.54) is 17.7 Å². The van der Waals surface area contributed by atoms with Gasteiger partial charge in [-0.25, -0.2) is 8.78 Å². The molecule has 4 heteroatoms. The van der Waals surface area contributed by atoms with Gasteiger partial charge in [-0.3, -0.25) is 4.79 Å². The number of carbonyl (C=O) groups excluding carboxylic acids is 1. The van der Waals surface area contributed by atoms with Crippen LogP contribution in [0, 0.1) is 5.92 Å². The molecule has 112 valence electrons. The quantitative estimate of drug-likeness (QED) is 0.583. The van der Waals surface area contributed by atoms with Gasteiger partial charge >= 0.3 is 0 Å². The number of thioether (sulfide) groups is 1. The number of halogens is 2. The van der Waals surface area contributed by atoms with Crippen molar-refractivity contribution in [2.75, 3.05) is 0 Å². The lowest BCUT2D eigenvalue weighted by molar-refractivity contribution is -0.103. The van der Waals surface area contributed by atoms with Crippen LogP contribution in [0.15, 0.2) is 35.2 Å². The lowest BCUT2D eigenvalue weighted by Gasteiger charge is -2.06. The van der Waals surface area contributed by atoms with E-state index in [4.69, 9.17) is 0 Å². The van der Waals surface area contributed by atoms with Crippen molar-refractivity contribution in [3.63, 3.8) is 0 Å². The molecule has 3 atom stereocenters. The Morgan fingerprint density at radius 1 is 1.10 bits per heavy atom. The van der Waals surface area contributed by atoms with Gasteiger partial charge < -0.3 is 0 Å². The molecule has 0 bridgehead atoms. The monoisotopic (exact) mass is 308 g/mol. The van der Waals surface area contributed by atoms with E-state index in [9.17, 15) is 13.6 Å². The smallest absolute Gasteiger partial charge is 0.150 e. The van der Waals surface area contributed by atoms with E-state index >= 15 is 0 Å². The summed E-state index contributed by atoms with van der Waals surface area (Å²) in [5.74, 6) is -0.185. The van der Waals surface area contributed by atoms with Crippen molar-refractivity contribution in [1.82, 2.24) is 0 Å². The van der Waals surface area contributed by atoms with E-state index in [0.29, 0.717) is 5.57 Å². The van der Waals surface area contributed by atoms with E-state index in [2.05, 4.69) is 0 Å². The van der Waals surface area contributed by atoms with Crippen molar-refractivity contribution in [2.45, 2.75) is 48.2 Å². The molecule has 21 heavy (non-hydrogen) atoms. The molecule has 0 spiro atoms. The molecule has 1 nitrogen and oxygen atoms in total. The van der Waals surface area contributed by atoms with Gasteiger partial charge in [-0.2, -0.15) is 0 Å². The van der Waals surface area contributed by atoms with Crippen molar-refractivity contribution < 1.29 is 13.6 Å². The Bertz CT molecular complexity index is 526. The highest BCUT2D eigenvalue weighted by Crippen LogP contribution is 2.39. The fourth-order valence-electron chi connectivity index (χ4n) is 2.67. The van der Waals surface area contributed by atoms with Gasteiger partial charge in [0, 0.05) is 15.7 Å². The summed E-state index contributed by atoms with van der Waals surface area (Å²) >= 11 is 1.86. The molecule has 3 rings (SSSR count).